The summed E-state index contributed by atoms with van der Waals surface area (Å²) in [4.78, 5) is 29.3. The lowest BCUT2D eigenvalue weighted by atomic mass is 10.1. The zero-order valence-electron chi connectivity index (χ0n) is 13.9. The van der Waals surface area contributed by atoms with E-state index in [9.17, 15) is 9.59 Å². The first-order valence-electron chi connectivity index (χ1n) is 7.60. The Hall–Kier alpha value is -2.07. The van der Waals surface area contributed by atoms with E-state index in [0.29, 0.717) is 23.3 Å². The molecular formula is C17H20BrN3O3. The molecule has 1 aromatic rings. The van der Waals surface area contributed by atoms with Gasteiger partial charge in [-0.2, -0.15) is 0 Å². The maximum atomic E-state index is 12.0. The summed E-state index contributed by atoms with van der Waals surface area (Å²) in [6.07, 6.45) is 2.00. The number of likely N-dealkylation sites (tertiary alicyclic amines) is 1. The van der Waals surface area contributed by atoms with Crippen LogP contribution in [0.4, 0.5) is 4.79 Å². The summed E-state index contributed by atoms with van der Waals surface area (Å²) in [5, 5.41) is 0. The molecule has 0 aromatic carbocycles. The largest absolute Gasteiger partial charge is 0.444 e. The lowest BCUT2D eigenvalue weighted by molar-refractivity contribution is 0.0291. The number of amides is 2. The molecule has 2 N–H and O–H groups in total. The van der Waals surface area contributed by atoms with Crippen molar-refractivity contribution in [1.82, 2.24) is 9.88 Å². The number of nitrogens with zero attached hydrogens (tertiary/aromatic N) is 2. The molecule has 0 radical (unpaired) electrons. The molecule has 1 fully saturated rings. The van der Waals surface area contributed by atoms with E-state index in [1.807, 2.05) is 20.8 Å². The molecule has 1 saturated heterocycles. The van der Waals surface area contributed by atoms with Crippen molar-refractivity contribution in [3.8, 4) is 11.8 Å². The Morgan fingerprint density at radius 3 is 2.79 bits per heavy atom. The molecule has 1 atom stereocenters. The van der Waals surface area contributed by atoms with Gasteiger partial charge in [-0.25, -0.2) is 9.78 Å². The van der Waals surface area contributed by atoms with Crippen molar-refractivity contribution in [1.29, 1.82) is 0 Å². The summed E-state index contributed by atoms with van der Waals surface area (Å²) in [7, 11) is 0. The summed E-state index contributed by atoms with van der Waals surface area (Å²) in [5.74, 6) is 5.43. The second kappa shape index (κ2) is 7.22. The average Bonchev–Trinajstić information content (AvgIpc) is 2.93. The van der Waals surface area contributed by atoms with Crippen LogP contribution in [0, 0.1) is 17.8 Å². The van der Waals surface area contributed by atoms with Crippen molar-refractivity contribution in [3.05, 3.63) is 28.0 Å². The van der Waals surface area contributed by atoms with Crippen molar-refractivity contribution in [2.75, 3.05) is 13.1 Å². The van der Waals surface area contributed by atoms with Gasteiger partial charge in [0.2, 0.25) is 0 Å². The molecule has 2 rings (SSSR count). The van der Waals surface area contributed by atoms with Crippen LogP contribution in [0.15, 0.2) is 16.7 Å². The van der Waals surface area contributed by atoms with E-state index < -0.39 is 11.5 Å². The fourth-order valence-corrected chi connectivity index (χ4v) is 2.60. The first kappa shape index (κ1) is 18.3. The number of aromatic nitrogens is 1. The van der Waals surface area contributed by atoms with Gasteiger partial charge >= 0.3 is 6.09 Å². The molecule has 0 aliphatic carbocycles. The minimum atomic E-state index is -0.574. The number of hydrogen-bond donors (Lipinski definition) is 1. The van der Waals surface area contributed by atoms with Crippen LogP contribution in [0.3, 0.4) is 0 Å². The number of nitrogens with two attached hydrogens (primary N) is 1. The van der Waals surface area contributed by atoms with Crippen LogP contribution in [0.1, 0.15) is 43.2 Å². The smallest absolute Gasteiger partial charge is 0.410 e. The number of hydrogen-bond acceptors (Lipinski definition) is 4. The maximum Gasteiger partial charge on any atom is 0.410 e. The van der Waals surface area contributed by atoms with Crippen LogP contribution in [0.5, 0.6) is 0 Å². The molecule has 0 spiro atoms. The van der Waals surface area contributed by atoms with Crippen molar-refractivity contribution in [2.24, 2.45) is 11.7 Å². The Labute approximate surface area is 149 Å². The van der Waals surface area contributed by atoms with Crippen LogP contribution in [0.2, 0.25) is 0 Å². The number of carbonyl (C=O) groups is 2. The quantitative estimate of drug-likeness (QED) is 0.742. The zero-order chi connectivity index (χ0) is 17.9. The van der Waals surface area contributed by atoms with Gasteiger partial charge in [-0.05, 0) is 55.1 Å². The predicted molar refractivity (Wildman–Crippen MR) is 93.2 cm³/mol. The Bertz CT molecular complexity index is 716. The normalized spacial score (nSPS) is 17.2. The number of pyridine rings is 1. The summed E-state index contributed by atoms with van der Waals surface area (Å²) < 4.78 is 6.02. The molecule has 2 heterocycles. The zero-order valence-corrected chi connectivity index (χ0v) is 15.5. The summed E-state index contributed by atoms with van der Waals surface area (Å²) in [6, 6.07) is 1.60. The van der Waals surface area contributed by atoms with Gasteiger partial charge in [0, 0.05) is 29.7 Å². The third-order valence-electron chi connectivity index (χ3n) is 3.35. The van der Waals surface area contributed by atoms with Gasteiger partial charge in [0.25, 0.3) is 5.91 Å². The monoisotopic (exact) mass is 393 g/mol. The van der Waals surface area contributed by atoms with Crippen molar-refractivity contribution in [3.63, 3.8) is 0 Å². The first-order chi connectivity index (χ1) is 11.2. The Morgan fingerprint density at radius 1 is 1.46 bits per heavy atom. The molecule has 6 nitrogen and oxygen atoms in total. The van der Waals surface area contributed by atoms with Gasteiger partial charge in [0.15, 0.2) is 0 Å². The molecule has 2 amide bonds. The van der Waals surface area contributed by atoms with E-state index in [1.54, 1.807) is 17.2 Å². The van der Waals surface area contributed by atoms with Gasteiger partial charge in [0.1, 0.15) is 11.3 Å². The molecule has 1 aromatic heterocycles. The summed E-state index contributed by atoms with van der Waals surface area (Å²) >= 11 is 3.25. The Balaban J connectivity index is 2.06. The number of rotatable bonds is 1. The molecule has 7 heteroatoms. The van der Waals surface area contributed by atoms with Gasteiger partial charge in [-0.3, -0.25) is 4.79 Å². The van der Waals surface area contributed by atoms with Gasteiger partial charge in [-0.1, -0.05) is 5.92 Å². The van der Waals surface area contributed by atoms with Crippen LogP contribution >= 0.6 is 15.9 Å². The van der Waals surface area contributed by atoms with E-state index in [2.05, 4.69) is 32.8 Å². The first-order valence-corrected chi connectivity index (χ1v) is 8.40. The lowest BCUT2D eigenvalue weighted by Crippen LogP contribution is -2.35. The highest BCUT2D eigenvalue weighted by Crippen LogP contribution is 2.19. The van der Waals surface area contributed by atoms with E-state index in [0.717, 1.165) is 6.42 Å². The Morgan fingerprint density at radius 2 is 2.17 bits per heavy atom. The highest BCUT2D eigenvalue weighted by Gasteiger charge is 2.28. The van der Waals surface area contributed by atoms with Crippen LogP contribution in [-0.4, -0.2) is 40.6 Å². The molecule has 1 unspecified atom stereocenters. The van der Waals surface area contributed by atoms with Gasteiger partial charge < -0.3 is 15.4 Å². The topological polar surface area (TPSA) is 85.5 Å². The van der Waals surface area contributed by atoms with E-state index in [-0.39, 0.29) is 17.6 Å². The minimum absolute atomic E-state index is 0.0173. The van der Waals surface area contributed by atoms with Crippen LogP contribution < -0.4 is 5.73 Å². The molecule has 128 valence electrons. The van der Waals surface area contributed by atoms with Crippen LogP contribution in [0.25, 0.3) is 0 Å². The molecule has 0 saturated carbocycles. The number of halogens is 1. The fourth-order valence-electron chi connectivity index (χ4n) is 2.27. The highest BCUT2D eigenvalue weighted by molar-refractivity contribution is 9.10. The molecule has 1 aliphatic rings. The lowest BCUT2D eigenvalue weighted by Gasteiger charge is -2.24. The van der Waals surface area contributed by atoms with Crippen LogP contribution in [-0.2, 0) is 4.74 Å². The fraction of sp³-hybridized carbons (Fsp3) is 0.471. The average molecular weight is 394 g/mol. The third-order valence-corrected chi connectivity index (χ3v) is 3.79. The number of primary amides is 1. The Kier molecular flexibility index (Phi) is 5.50. The molecular weight excluding hydrogens is 374 g/mol. The highest BCUT2D eigenvalue weighted by atomic mass is 79.9. The van der Waals surface area contributed by atoms with Crippen molar-refractivity contribution in [2.45, 2.75) is 32.8 Å². The van der Waals surface area contributed by atoms with Crippen molar-refractivity contribution >= 4 is 27.9 Å². The SMILES string of the molecule is CC(C)(C)OC(=O)N1CCC(C#Cc2ncc(Br)cc2C(N)=O)C1. The van der Waals surface area contributed by atoms with Crippen molar-refractivity contribution < 1.29 is 14.3 Å². The van der Waals surface area contributed by atoms with E-state index >= 15 is 0 Å². The number of carbonyl (C=O) groups excluding carboxylic acids is 2. The maximum absolute atomic E-state index is 12.0. The number of ether oxygens (including phenoxy) is 1. The molecule has 1 aliphatic heterocycles. The molecule has 24 heavy (non-hydrogen) atoms. The summed E-state index contributed by atoms with van der Waals surface area (Å²) in [6.45, 7) is 6.61. The third kappa shape index (κ3) is 4.96. The van der Waals surface area contributed by atoms with E-state index in [1.165, 1.54) is 0 Å². The van der Waals surface area contributed by atoms with Gasteiger partial charge in [-0.15, -0.1) is 0 Å². The molecule has 0 bridgehead atoms. The summed E-state index contributed by atoms with van der Waals surface area (Å²) in [5.41, 5.74) is 5.46. The standard InChI is InChI=1S/C17H20BrN3O3/c1-17(2,3)24-16(23)21-7-6-11(10-21)4-5-14-13(15(19)22)8-12(18)9-20-14/h8-9,11H,6-7,10H2,1-3H3,(H2,19,22). The second-order valence-electron chi connectivity index (χ2n) is 6.60. The van der Waals surface area contributed by atoms with Gasteiger partial charge in [0.05, 0.1) is 5.56 Å². The van der Waals surface area contributed by atoms with E-state index in [4.69, 9.17) is 10.5 Å². The minimum Gasteiger partial charge on any atom is -0.444 e. The predicted octanol–water partition coefficient (Wildman–Crippen LogP) is 2.55. The second-order valence-corrected chi connectivity index (χ2v) is 7.51.